The third-order valence-electron chi connectivity index (χ3n) is 4.08. The fraction of sp³-hybridized carbons (Fsp3) is 0.238. The lowest BCUT2D eigenvalue weighted by molar-refractivity contribution is 0.319. The number of benzene rings is 2. The minimum absolute atomic E-state index is 0.453. The largest absolute Gasteiger partial charge is 0.411 e. The Morgan fingerprint density at radius 3 is 1.34 bits per heavy atom. The highest BCUT2D eigenvalue weighted by atomic mass is 79.9. The first-order valence-corrected chi connectivity index (χ1v) is 10.5. The predicted molar refractivity (Wildman–Crippen MR) is 126 cm³/mol. The van der Waals surface area contributed by atoms with E-state index in [1.165, 1.54) is 0 Å². The van der Waals surface area contributed by atoms with Crippen LogP contribution in [-0.2, 0) is 0 Å². The van der Waals surface area contributed by atoms with Gasteiger partial charge in [-0.3, -0.25) is 9.98 Å². The first-order chi connectivity index (χ1) is 14.0. The van der Waals surface area contributed by atoms with Crippen LogP contribution >= 0.6 is 31.9 Å². The summed E-state index contributed by atoms with van der Waals surface area (Å²) in [6.45, 7) is 4.47. The third-order valence-corrected chi connectivity index (χ3v) is 5.13. The maximum Gasteiger partial charge on any atom is 0.102 e. The Hall–Kier alpha value is -2.32. The molecule has 29 heavy (non-hydrogen) atoms. The van der Waals surface area contributed by atoms with Gasteiger partial charge in [-0.2, -0.15) is 0 Å². The van der Waals surface area contributed by atoms with E-state index >= 15 is 0 Å². The van der Waals surface area contributed by atoms with Gasteiger partial charge in [0.05, 0.1) is 11.4 Å². The lowest BCUT2D eigenvalue weighted by Crippen LogP contribution is -2.14. The lowest BCUT2D eigenvalue weighted by Gasteiger charge is -2.07. The Labute approximate surface area is 187 Å². The number of halogens is 2. The molecular formula is C21H22Br2N4O2. The summed E-state index contributed by atoms with van der Waals surface area (Å²) < 4.78 is 1.94. The molecule has 2 rings (SSSR count). The minimum atomic E-state index is 0.453. The molecule has 6 nitrogen and oxygen atoms in total. The standard InChI is InChI=1S/C21H22Br2N4O2/c1-14(26-28)20(16-4-8-18(22)9-5-16)24-12-3-13-25-21(15(2)27-29)17-6-10-19(23)11-7-17/h4-11,28-29H,3,12-13H2,1-2H3/b24-20?,25-21?,26-14-,27-15+. The molecule has 0 bridgehead atoms. The van der Waals surface area contributed by atoms with Gasteiger partial charge >= 0.3 is 0 Å². The summed E-state index contributed by atoms with van der Waals surface area (Å²) in [5, 5.41) is 24.9. The van der Waals surface area contributed by atoms with Gasteiger partial charge < -0.3 is 10.4 Å². The van der Waals surface area contributed by atoms with E-state index in [4.69, 9.17) is 10.4 Å². The normalized spacial score (nSPS) is 13.7. The number of hydrogen-bond acceptors (Lipinski definition) is 6. The van der Waals surface area contributed by atoms with E-state index in [1.807, 2.05) is 48.5 Å². The van der Waals surface area contributed by atoms with Crippen LogP contribution in [0.25, 0.3) is 0 Å². The topological polar surface area (TPSA) is 89.9 Å². The Balaban J connectivity index is 2.12. The van der Waals surface area contributed by atoms with Crippen LogP contribution in [0.3, 0.4) is 0 Å². The Morgan fingerprint density at radius 2 is 1.03 bits per heavy atom. The van der Waals surface area contributed by atoms with Gasteiger partial charge in [-0.05, 0) is 44.5 Å². The SMILES string of the molecule is C/C(=N/O)C(=NCCCN=C(/C(C)=N/O)c1ccc(Br)cc1)c1ccc(Br)cc1. The van der Waals surface area contributed by atoms with Gasteiger partial charge in [0.25, 0.3) is 0 Å². The molecule has 0 aliphatic heterocycles. The van der Waals surface area contributed by atoms with Crippen molar-refractivity contribution < 1.29 is 10.4 Å². The molecule has 2 N–H and O–H groups in total. The van der Waals surface area contributed by atoms with Gasteiger partial charge in [0.1, 0.15) is 11.4 Å². The van der Waals surface area contributed by atoms with E-state index in [-0.39, 0.29) is 0 Å². The van der Waals surface area contributed by atoms with Crippen LogP contribution in [0.4, 0.5) is 0 Å². The summed E-state index contributed by atoms with van der Waals surface area (Å²) in [6.07, 6.45) is 0.692. The molecule has 8 heteroatoms. The van der Waals surface area contributed by atoms with Gasteiger partial charge in [-0.25, -0.2) is 0 Å². The average Bonchev–Trinajstić information content (AvgIpc) is 2.74. The van der Waals surface area contributed by atoms with E-state index < -0.39 is 0 Å². The van der Waals surface area contributed by atoms with Gasteiger partial charge in [0, 0.05) is 33.2 Å². The van der Waals surface area contributed by atoms with E-state index in [2.05, 4.69) is 52.2 Å². The molecule has 0 fully saturated rings. The number of oxime groups is 2. The highest BCUT2D eigenvalue weighted by molar-refractivity contribution is 9.10. The zero-order valence-corrected chi connectivity index (χ0v) is 19.4. The Morgan fingerprint density at radius 1 is 0.690 bits per heavy atom. The molecule has 0 radical (unpaired) electrons. The second-order valence-electron chi connectivity index (χ2n) is 6.20. The summed E-state index contributed by atoms with van der Waals surface area (Å²) in [7, 11) is 0. The molecule has 152 valence electrons. The number of nitrogens with zero attached hydrogens (tertiary/aromatic N) is 4. The van der Waals surface area contributed by atoms with Crippen molar-refractivity contribution in [3.8, 4) is 0 Å². The molecule has 0 saturated carbocycles. The highest BCUT2D eigenvalue weighted by Gasteiger charge is 2.09. The van der Waals surface area contributed by atoms with Crippen molar-refractivity contribution >= 4 is 54.7 Å². The molecule has 0 aliphatic rings. The van der Waals surface area contributed by atoms with Crippen molar-refractivity contribution in [1.29, 1.82) is 0 Å². The monoisotopic (exact) mass is 520 g/mol. The molecule has 0 aromatic heterocycles. The van der Waals surface area contributed by atoms with Gasteiger partial charge in [-0.15, -0.1) is 0 Å². The number of aliphatic imine (C=N–C) groups is 2. The molecule has 0 unspecified atom stereocenters. The molecule has 0 aliphatic carbocycles. The van der Waals surface area contributed by atoms with Crippen LogP contribution in [0.5, 0.6) is 0 Å². The van der Waals surface area contributed by atoms with Crippen molar-refractivity contribution in [2.24, 2.45) is 20.3 Å². The van der Waals surface area contributed by atoms with Crippen molar-refractivity contribution in [3.05, 3.63) is 68.6 Å². The smallest absolute Gasteiger partial charge is 0.102 e. The molecule has 0 heterocycles. The van der Waals surface area contributed by atoms with E-state index in [9.17, 15) is 0 Å². The first kappa shape index (κ1) is 23.0. The van der Waals surface area contributed by atoms with Crippen LogP contribution < -0.4 is 0 Å². The zero-order chi connectivity index (χ0) is 21.2. The second kappa shape index (κ2) is 11.6. The zero-order valence-electron chi connectivity index (χ0n) is 16.2. The maximum absolute atomic E-state index is 9.17. The quantitative estimate of drug-likeness (QED) is 0.205. The summed E-state index contributed by atoms with van der Waals surface area (Å²) >= 11 is 6.82. The van der Waals surface area contributed by atoms with E-state index in [0.29, 0.717) is 42.4 Å². The Bertz CT molecular complexity index is 857. The fourth-order valence-electron chi connectivity index (χ4n) is 2.59. The van der Waals surface area contributed by atoms with E-state index in [1.54, 1.807) is 13.8 Å². The van der Waals surface area contributed by atoms with E-state index in [0.717, 1.165) is 20.1 Å². The van der Waals surface area contributed by atoms with Crippen molar-refractivity contribution in [2.45, 2.75) is 20.3 Å². The molecule has 0 atom stereocenters. The first-order valence-electron chi connectivity index (χ1n) is 8.95. The lowest BCUT2D eigenvalue weighted by atomic mass is 10.1. The summed E-state index contributed by atoms with van der Waals surface area (Å²) in [6, 6.07) is 15.3. The summed E-state index contributed by atoms with van der Waals surface area (Å²) in [5.74, 6) is 0. The maximum atomic E-state index is 9.17. The van der Waals surface area contributed by atoms with Gasteiger partial charge in [-0.1, -0.05) is 66.4 Å². The van der Waals surface area contributed by atoms with Gasteiger partial charge in [0.15, 0.2) is 0 Å². The predicted octanol–water partition coefficient (Wildman–Crippen LogP) is 5.58. The number of hydrogen-bond donors (Lipinski definition) is 2. The van der Waals surface area contributed by atoms with Crippen molar-refractivity contribution in [3.63, 3.8) is 0 Å². The molecule has 0 spiro atoms. The van der Waals surface area contributed by atoms with Crippen LogP contribution in [0.1, 0.15) is 31.4 Å². The van der Waals surface area contributed by atoms with Gasteiger partial charge in [0.2, 0.25) is 0 Å². The molecule has 0 amide bonds. The molecule has 2 aromatic rings. The highest BCUT2D eigenvalue weighted by Crippen LogP contribution is 2.13. The Kier molecular flexibility index (Phi) is 9.21. The second-order valence-corrected chi connectivity index (χ2v) is 8.03. The molecule has 0 saturated heterocycles. The van der Waals surface area contributed by atoms with Crippen LogP contribution in [-0.4, -0.2) is 46.4 Å². The minimum Gasteiger partial charge on any atom is -0.411 e. The summed E-state index contributed by atoms with van der Waals surface area (Å²) in [5.41, 5.74) is 3.95. The molecular weight excluding hydrogens is 500 g/mol. The summed E-state index contributed by atoms with van der Waals surface area (Å²) in [4.78, 5) is 9.19. The fourth-order valence-corrected chi connectivity index (χ4v) is 3.12. The van der Waals surface area contributed by atoms with Crippen LogP contribution in [0, 0.1) is 0 Å². The third kappa shape index (κ3) is 6.90. The molecule has 2 aromatic carbocycles. The average molecular weight is 522 g/mol. The number of rotatable bonds is 8. The van der Waals surface area contributed by atoms with Crippen LogP contribution in [0.2, 0.25) is 0 Å². The van der Waals surface area contributed by atoms with Crippen molar-refractivity contribution in [1.82, 2.24) is 0 Å². The van der Waals surface area contributed by atoms with Crippen LogP contribution in [0.15, 0.2) is 77.8 Å². The van der Waals surface area contributed by atoms with Crippen molar-refractivity contribution in [2.75, 3.05) is 13.1 Å².